The molecule has 0 amide bonds. The van der Waals surface area contributed by atoms with E-state index in [1.54, 1.807) is 0 Å². The van der Waals surface area contributed by atoms with E-state index < -0.39 is 0 Å². The quantitative estimate of drug-likeness (QED) is 0.762. The molecule has 1 nitrogen and oxygen atoms in total. The SMILES string of the molecule is Cc1cc(C(C)NC2CCCCC2C(C)(C)C)c(C)s1. The molecule has 0 saturated heterocycles. The monoisotopic (exact) mass is 293 g/mol. The molecule has 1 saturated carbocycles. The molecule has 0 spiro atoms. The maximum absolute atomic E-state index is 3.95. The first-order chi connectivity index (χ1) is 9.29. The molecule has 1 heterocycles. The van der Waals surface area contributed by atoms with Crippen LogP contribution in [0.3, 0.4) is 0 Å². The fourth-order valence-corrected chi connectivity index (χ4v) is 4.88. The zero-order valence-electron chi connectivity index (χ0n) is 14.0. The highest BCUT2D eigenvalue weighted by Gasteiger charge is 2.34. The molecule has 1 aromatic rings. The van der Waals surface area contributed by atoms with Crippen molar-refractivity contribution in [2.24, 2.45) is 11.3 Å². The lowest BCUT2D eigenvalue weighted by Gasteiger charge is -2.42. The number of aryl methyl sites for hydroxylation is 2. The fraction of sp³-hybridized carbons (Fsp3) is 0.778. The predicted molar refractivity (Wildman–Crippen MR) is 90.5 cm³/mol. The van der Waals surface area contributed by atoms with Crippen LogP contribution in [-0.4, -0.2) is 6.04 Å². The second-order valence-corrected chi connectivity index (χ2v) is 9.08. The second-order valence-electron chi connectivity index (χ2n) is 7.62. The smallest absolute Gasteiger partial charge is 0.0305 e. The Morgan fingerprint density at radius 3 is 2.40 bits per heavy atom. The van der Waals surface area contributed by atoms with Gasteiger partial charge in [-0.3, -0.25) is 0 Å². The Kier molecular flexibility index (Phi) is 4.96. The molecule has 1 fully saturated rings. The van der Waals surface area contributed by atoms with E-state index in [0.29, 0.717) is 17.5 Å². The van der Waals surface area contributed by atoms with Crippen LogP contribution in [0.15, 0.2) is 6.07 Å². The van der Waals surface area contributed by atoms with Gasteiger partial charge in [0.15, 0.2) is 0 Å². The van der Waals surface area contributed by atoms with Crippen molar-refractivity contribution in [1.82, 2.24) is 5.32 Å². The summed E-state index contributed by atoms with van der Waals surface area (Å²) in [5.41, 5.74) is 1.92. The lowest BCUT2D eigenvalue weighted by Crippen LogP contribution is -2.45. The molecule has 3 atom stereocenters. The normalized spacial score (nSPS) is 25.7. The number of hydrogen-bond donors (Lipinski definition) is 1. The van der Waals surface area contributed by atoms with Gasteiger partial charge in [-0.15, -0.1) is 11.3 Å². The van der Waals surface area contributed by atoms with Crippen LogP contribution in [0.1, 0.15) is 74.7 Å². The number of hydrogen-bond acceptors (Lipinski definition) is 2. The molecular weight excluding hydrogens is 262 g/mol. The third-order valence-corrected chi connectivity index (χ3v) is 5.87. The second kappa shape index (κ2) is 6.19. The van der Waals surface area contributed by atoms with Crippen LogP contribution in [-0.2, 0) is 0 Å². The van der Waals surface area contributed by atoms with Gasteiger partial charge in [0.1, 0.15) is 0 Å². The van der Waals surface area contributed by atoms with E-state index in [-0.39, 0.29) is 0 Å². The molecule has 1 aromatic heterocycles. The van der Waals surface area contributed by atoms with Gasteiger partial charge in [-0.05, 0) is 56.6 Å². The molecule has 1 aliphatic rings. The summed E-state index contributed by atoms with van der Waals surface area (Å²) in [7, 11) is 0. The molecule has 1 N–H and O–H groups in total. The lowest BCUT2D eigenvalue weighted by molar-refractivity contribution is 0.124. The summed E-state index contributed by atoms with van der Waals surface area (Å²) in [4.78, 5) is 2.91. The fourth-order valence-electron chi connectivity index (χ4n) is 3.86. The molecule has 2 heteroatoms. The first kappa shape index (κ1) is 16.0. The van der Waals surface area contributed by atoms with Gasteiger partial charge in [-0.2, -0.15) is 0 Å². The largest absolute Gasteiger partial charge is 0.307 e. The van der Waals surface area contributed by atoms with Crippen molar-refractivity contribution >= 4 is 11.3 Å². The Bertz CT molecular complexity index is 441. The van der Waals surface area contributed by atoms with Gasteiger partial charge in [0.2, 0.25) is 0 Å². The van der Waals surface area contributed by atoms with Crippen LogP contribution in [0.25, 0.3) is 0 Å². The highest BCUT2D eigenvalue weighted by Crippen LogP contribution is 2.39. The van der Waals surface area contributed by atoms with Crippen LogP contribution in [0, 0.1) is 25.2 Å². The van der Waals surface area contributed by atoms with Gasteiger partial charge in [0.25, 0.3) is 0 Å². The van der Waals surface area contributed by atoms with Crippen molar-refractivity contribution in [3.05, 3.63) is 21.4 Å². The standard InChI is InChI=1S/C18H31NS/c1-12-11-15(14(3)20-12)13(2)19-17-10-8-7-9-16(17)18(4,5)6/h11,13,16-17,19H,7-10H2,1-6H3. The Morgan fingerprint density at radius 2 is 1.85 bits per heavy atom. The summed E-state index contributed by atoms with van der Waals surface area (Å²) in [5.74, 6) is 0.804. The topological polar surface area (TPSA) is 12.0 Å². The van der Waals surface area contributed by atoms with Gasteiger partial charge in [0.05, 0.1) is 0 Å². The van der Waals surface area contributed by atoms with Crippen molar-refractivity contribution < 1.29 is 0 Å². The Morgan fingerprint density at radius 1 is 1.20 bits per heavy atom. The maximum atomic E-state index is 3.95. The molecule has 20 heavy (non-hydrogen) atoms. The number of rotatable bonds is 3. The molecular formula is C18H31NS. The van der Waals surface area contributed by atoms with Crippen LogP contribution >= 0.6 is 11.3 Å². The Hall–Kier alpha value is -0.340. The predicted octanol–water partition coefficient (Wildman–Crippen LogP) is 5.62. The molecule has 114 valence electrons. The van der Waals surface area contributed by atoms with E-state index >= 15 is 0 Å². The Balaban J connectivity index is 2.09. The Labute approximate surface area is 129 Å². The number of nitrogens with one attached hydrogen (secondary N) is 1. The minimum absolute atomic E-state index is 0.414. The summed E-state index contributed by atoms with van der Waals surface area (Å²) in [6.07, 6.45) is 5.52. The van der Waals surface area contributed by atoms with Crippen molar-refractivity contribution in [2.75, 3.05) is 0 Å². The molecule has 0 bridgehead atoms. The molecule has 0 aromatic carbocycles. The maximum Gasteiger partial charge on any atom is 0.0305 e. The van der Waals surface area contributed by atoms with Crippen molar-refractivity contribution in [2.45, 2.75) is 79.3 Å². The van der Waals surface area contributed by atoms with E-state index in [9.17, 15) is 0 Å². The molecule has 3 unspecified atom stereocenters. The summed E-state index contributed by atoms with van der Waals surface area (Å²) >= 11 is 1.93. The van der Waals surface area contributed by atoms with Gasteiger partial charge in [0, 0.05) is 21.8 Å². The van der Waals surface area contributed by atoms with Crippen molar-refractivity contribution in [1.29, 1.82) is 0 Å². The minimum Gasteiger partial charge on any atom is -0.307 e. The van der Waals surface area contributed by atoms with Gasteiger partial charge in [-0.1, -0.05) is 33.6 Å². The minimum atomic E-state index is 0.414. The van der Waals surface area contributed by atoms with Gasteiger partial charge in [-0.25, -0.2) is 0 Å². The van der Waals surface area contributed by atoms with E-state index in [1.165, 1.54) is 41.0 Å². The molecule has 0 radical (unpaired) electrons. The van der Waals surface area contributed by atoms with E-state index in [4.69, 9.17) is 0 Å². The molecule has 0 aliphatic heterocycles. The van der Waals surface area contributed by atoms with Crippen LogP contribution < -0.4 is 5.32 Å². The highest BCUT2D eigenvalue weighted by molar-refractivity contribution is 7.12. The van der Waals surface area contributed by atoms with E-state index in [1.807, 2.05) is 11.3 Å². The third kappa shape index (κ3) is 3.65. The van der Waals surface area contributed by atoms with E-state index in [2.05, 4.69) is 52.9 Å². The average molecular weight is 294 g/mol. The zero-order valence-corrected chi connectivity index (χ0v) is 14.9. The zero-order chi connectivity index (χ0) is 14.9. The van der Waals surface area contributed by atoms with Gasteiger partial charge < -0.3 is 5.32 Å². The summed E-state index contributed by atoms with van der Waals surface area (Å²) in [5, 5.41) is 3.95. The van der Waals surface area contributed by atoms with Crippen LogP contribution in [0.2, 0.25) is 0 Å². The lowest BCUT2D eigenvalue weighted by atomic mass is 9.69. The summed E-state index contributed by atoms with van der Waals surface area (Å²) in [6.45, 7) is 14.0. The van der Waals surface area contributed by atoms with Crippen LogP contribution in [0.5, 0.6) is 0 Å². The average Bonchev–Trinajstić information content (AvgIpc) is 2.68. The molecule has 1 aliphatic carbocycles. The highest BCUT2D eigenvalue weighted by atomic mass is 32.1. The van der Waals surface area contributed by atoms with Gasteiger partial charge >= 0.3 is 0 Å². The summed E-state index contributed by atoms with van der Waals surface area (Å²) < 4.78 is 0. The first-order valence-electron chi connectivity index (χ1n) is 8.12. The third-order valence-electron chi connectivity index (χ3n) is 4.89. The van der Waals surface area contributed by atoms with Crippen molar-refractivity contribution in [3.63, 3.8) is 0 Å². The number of thiophene rings is 1. The molecule has 2 rings (SSSR count). The summed E-state index contributed by atoms with van der Waals surface area (Å²) in [6, 6.07) is 3.53. The van der Waals surface area contributed by atoms with Crippen molar-refractivity contribution in [3.8, 4) is 0 Å². The van der Waals surface area contributed by atoms with E-state index in [0.717, 1.165) is 5.92 Å². The van der Waals surface area contributed by atoms with Crippen LogP contribution in [0.4, 0.5) is 0 Å². The first-order valence-corrected chi connectivity index (χ1v) is 8.93.